The van der Waals surface area contributed by atoms with Crippen molar-refractivity contribution >= 4 is 15.9 Å². The van der Waals surface area contributed by atoms with Gasteiger partial charge in [0, 0.05) is 23.1 Å². The first-order chi connectivity index (χ1) is 8.15. The minimum absolute atomic E-state index is 0.433. The maximum Gasteiger partial charge on any atom is 0.0208 e. The minimum atomic E-state index is 0.433. The molecule has 1 aromatic rings. The average molecular weight is 297 g/mol. The van der Waals surface area contributed by atoms with E-state index >= 15 is 0 Å². The number of benzene rings is 1. The van der Waals surface area contributed by atoms with Crippen molar-refractivity contribution in [3.63, 3.8) is 0 Å². The van der Waals surface area contributed by atoms with Crippen LogP contribution in [0.4, 0.5) is 0 Å². The first kappa shape index (κ1) is 13.1. The van der Waals surface area contributed by atoms with Gasteiger partial charge in [-0.2, -0.15) is 0 Å². The van der Waals surface area contributed by atoms with Crippen LogP contribution in [0.3, 0.4) is 0 Å². The van der Waals surface area contributed by atoms with Crippen LogP contribution in [0.2, 0.25) is 0 Å². The molecule has 0 spiro atoms. The Hall–Kier alpha value is -0.380. The molecule has 1 aromatic carbocycles. The van der Waals surface area contributed by atoms with Gasteiger partial charge in [0.25, 0.3) is 0 Å². The lowest BCUT2D eigenvalue weighted by molar-refractivity contribution is 0.342. The van der Waals surface area contributed by atoms with Crippen LogP contribution in [-0.4, -0.2) is 12.1 Å². The van der Waals surface area contributed by atoms with Crippen molar-refractivity contribution in [2.24, 2.45) is 5.73 Å². The lowest BCUT2D eigenvalue weighted by Gasteiger charge is -2.27. The van der Waals surface area contributed by atoms with Crippen molar-refractivity contribution in [3.05, 3.63) is 33.8 Å². The maximum atomic E-state index is 5.91. The maximum absolute atomic E-state index is 5.91. The smallest absolute Gasteiger partial charge is 0.0208 e. The lowest BCUT2D eigenvalue weighted by atomic mass is 9.92. The van der Waals surface area contributed by atoms with Crippen LogP contribution in [0.5, 0.6) is 0 Å². The Morgan fingerprint density at radius 2 is 2.00 bits per heavy atom. The Morgan fingerprint density at radius 3 is 2.65 bits per heavy atom. The second-order valence-corrected chi connectivity index (χ2v) is 5.93. The molecule has 0 saturated heterocycles. The number of nitrogens with one attached hydrogen (secondary N) is 1. The molecule has 1 fully saturated rings. The Labute approximate surface area is 112 Å². The second kappa shape index (κ2) is 5.98. The van der Waals surface area contributed by atoms with E-state index in [9.17, 15) is 0 Å². The van der Waals surface area contributed by atoms with Gasteiger partial charge in [0.15, 0.2) is 0 Å². The van der Waals surface area contributed by atoms with E-state index < -0.39 is 0 Å². The summed E-state index contributed by atoms with van der Waals surface area (Å²) in [4.78, 5) is 0. The second-order valence-electron chi connectivity index (χ2n) is 5.08. The van der Waals surface area contributed by atoms with Gasteiger partial charge in [-0.3, -0.25) is 0 Å². The number of nitrogens with two attached hydrogens (primary N) is 1. The van der Waals surface area contributed by atoms with E-state index in [4.69, 9.17) is 5.73 Å². The van der Waals surface area contributed by atoms with Crippen LogP contribution in [0.15, 0.2) is 22.7 Å². The molecule has 2 rings (SSSR count). The molecule has 94 valence electrons. The van der Waals surface area contributed by atoms with E-state index in [1.165, 1.54) is 28.4 Å². The van der Waals surface area contributed by atoms with E-state index in [1.807, 2.05) is 0 Å². The molecule has 1 aliphatic carbocycles. The zero-order valence-corrected chi connectivity index (χ0v) is 12.0. The molecule has 0 heterocycles. The van der Waals surface area contributed by atoms with Crippen molar-refractivity contribution in [1.29, 1.82) is 0 Å². The molecule has 0 atom stereocenters. The van der Waals surface area contributed by atoms with Gasteiger partial charge in [-0.05, 0) is 49.8 Å². The molecule has 1 saturated carbocycles. The molecule has 17 heavy (non-hydrogen) atoms. The van der Waals surface area contributed by atoms with Crippen LogP contribution in [0.1, 0.15) is 36.8 Å². The van der Waals surface area contributed by atoms with Crippen molar-refractivity contribution in [2.45, 2.75) is 51.2 Å². The molecule has 0 aromatic heterocycles. The summed E-state index contributed by atoms with van der Waals surface area (Å²) in [6.45, 7) is 3.10. The van der Waals surface area contributed by atoms with E-state index in [0.29, 0.717) is 12.1 Å². The fraction of sp³-hybridized carbons (Fsp3) is 0.571. The fourth-order valence-corrected chi connectivity index (χ4v) is 2.65. The Morgan fingerprint density at radius 1 is 1.29 bits per heavy atom. The summed E-state index contributed by atoms with van der Waals surface area (Å²) < 4.78 is 1.19. The van der Waals surface area contributed by atoms with Gasteiger partial charge in [0.2, 0.25) is 0 Å². The fourth-order valence-electron chi connectivity index (χ4n) is 2.40. The van der Waals surface area contributed by atoms with Gasteiger partial charge in [-0.15, -0.1) is 0 Å². The number of aryl methyl sites for hydroxylation is 1. The van der Waals surface area contributed by atoms with Crippen molar-refractivity contribution in [2.75, 3.05) is 0 Å². The van der Waals surface area contributed by atoms with Gasteiger partial charge in [0.05, 0.1) is 0 Å². The van der Waals surface area contributed by atoms with Crippen LogP contribution in [0, 0.1) is 6.92 Å². The van der Waals surface area contributed by atoms with Crippen LogP contribution in [0.25, 0.3) is 0 Å². The SMILES string of the molecule is Cc1cc(CNC2CCC(N)CC2)ccc1Br. The van der Waals surface area contributed by atoms with E-state index in [2.05, 4.69) is 46.4 Å². The predicted octanol–water partition coefficient (Wildman–Crippen LogP) is 3.12. The van der Waals surface area contributed by atoms with Crippen LogP contribution >= 0.6 is 15.9 Å². The number of halogens is 1. The van der Waals surface area contributed by atoms with E-state index in [-0.39, 0.29) is 0 Å². The molecular formula is C14H21BrN2. The monoisotopic (exact) mass is 296 g/mol. The summed E-state index contributed by atoms with van der Waals surface area (Å²) in [6.07, 6.45) is 4.77. The minimum Gasteiger partial charge on any atom is -0.328 e. The van der Waals surface area contributed by atoms with E-state index in [0.717, 1.165) is 19.4 Å². The molecule has 0 unspecified atom stereocenters. The van der Waals surface area contributed by atoms with Gasteiger partial charge in [-0.1, -0.05) is 28.1 Å². The molecule has 1 aliphatic rings. The summed E-state index contributed by atoms with van der Waals surface area (Å²) in [5.41, 5.74) is 8.57. The van der Waals surface area contributed by atoms with Crippen LogP contribution in [-0.2, 0) is 6.54 Å². The average Bonchev–Trinajstić information content (AvgIpc) is 2.33. The zero-order chi connectivity index (χ0) is 12.3. The summed E-state index contributed by atoms with van der Waals surface area (Å²) in [5, 5.41) is 3.63. The molecule has 3 N–H and O–H groups in total. The standard InChI is InChI=1S/C14H21BrN2/c1-10-8-11(2-7-14(10)15)9-17-13-5-3-12(16)4-6-13/h2,7-8,12-13,17H,3-6,9,16H2,1H3. The summed E-state index contributed by atoms with van der Waals surface area (Å²) >= 11 is 3.53. The highest BCUT2D eigenvalue weighted by atomic mass is 79.9. The van der Waals surface area contributed by atoms with E-state index in [1.54, 1.807) is 0 Å². The first-order valence-corrected chi connectivity index (χ1v) is 7.18. The molecule has 0 radical (unpaired) electrons. The number of hydrogen-bond acceptors (Lipinski definition) is 2. The summed E-state index contributed by atoms with van der Waals surface area (Å²) in [6, 6.07) is 7.63. The summed E-state index contributed by atoms with van der Waals surface area (Å²) in [5.74, 6) is 0. The third-order valence-electron chi connectivity index (χ3n) is 3.59. The third kappa shape index (κ3) is 3.80. The Balaban J connectivity index is 1.83. The quantitative estimate of drug-likeness (QED) is 0.899. The van der Waals surface area contributed by atoms with Crippen LogP contribution < -0.4 is 11.1 Å². The Bertz CT molecular complexity index is 370. The normalized spacial score (nSPS) is 24.9. The molecule has 2 nitrogen and oxygen atoms in total. The highest BCUT2D eigenvalue weighted by Crippen LogP contribution is 2.19. The van der Waals surface area contributed by atoms with Crippen molar-refractivity contribution < 1.29 is 0 Å². The van der Waals surface area contributed by atoms with Gasteiger partial charge in [0.1, 0.15) is 0 Å². The zero-order valence-electron chi connectivity index (χ0n) is 10.4. The molecule has 0 aliphatic heterocycles. The lowest BCUT2D eigenvalue weighted by Crippen LogP contribution is -2.37. The topological polar surface area (TPSA) is 38.0 Å². The Kier molecular flexibility index (Phi) is 4.60. The molecule has 0 bridgehead atoms. The highest BCUT2D eigenvalue weighted by molar-refractivity contribution is 9.10. The first-order valence-electron chi connectivity index (χ1n) is 6.39. The summed E-state index contributed by atoms with van der Waals surface area (Å²) in [7, 11) is 0. The third-order valence-corrected chi connectivity index (χ3v) is 4.48. The number of hydrogen-bond donors (Lipinski definition) is 2. The molecule has 3 heteroatoms. The van der Waals surface area contributed by atoms with Gasteiger partial charge < -0.3 is 11.1 Å². The highest BCUT2D eigenvalue weighted by Gasteiger charge is 2.17. The van der Waals surface area contributed by atoms with Gasteiger partial charge >= 0.3 is 0 Å². The number of rotatable bonds is 3. The van der Waals surface area contributed by atoms with Crippen molar-refractivity contribution in [1.82, 2.24) is 5.32 Å². The largest absolute Gasteiger partial charge is 0.328 e. The molecular weight excluding hydrogens is 276 g/mol. The predicted molar refractivity (Wildman–Crippen MR) is 76.0 cm³/mol. The molecule has 0 amide bonds. The van der Waals surface area contributed by atoms with Gasteiger partial charge in [-0.25, -0.2) is 0 Å². The van der Waals surface area contributed by atoms with Crippen molar-refractivity contribution in [3.8, 4) is 0 Å².